The molecule has 3 aliphatic rings. The van der Waals surface area contributed by atoms with Gasteiger partial charge in [-0.15, -0.1) is 0 Å². The quantitative estimate of drug-likeness (QED) is 0.156. The van der Waals surface area contributed by atoms with Gasteiger partial charge in [-0.3, -0.25) is 14.5 Å². The van der Waals surface area contributed by atoms with Gasteiger partial charge in [-0.1, -0.05) is 118 Å². The van der Waals surface area contributed by atoms with Crippen molar-refractivity contribution in [2.45, 2.75) is 70.8 Å². The molecule has 0 aromatic heterocycles. The lowest BCUT2D eigenvalue weighted by molar-refractivity contribution is -0.138. The molecular weight excluding hydrogens is 629 g/mol. The first-order valence-electron chi connectivity index (χ1n) is 17.6. The first kappa shape index (κ1) is 35.1. The van der Waals surface area contributed by atoms with Gasteiger partial charge in [-0.2, -0.15) is 0 Å². The summed E-state index contributed by atoms with van der Waals surface area (Å²) in [6, 6.07) is 28.3. The molecule has 2 saturated heterocycles. The maximum Gasteiger partial charge on any atom is 0.455 e. The van der Waals surface area contributed by atoms with Gasteiger partial charge in [0.2, 0.25) is 11.8 Å². The van der Waals surface area contributed by atoms with E-state index < -0.39 is 33.4 Å². The zero-order chi connectivity index (χ0) is 34.9. The molecule has 2 fully saturated rings. The van der Waals surface area contributed by atoms with Crippen molar-refractivity contribution in [2.75, 3.05) is 13.7 Å². The van der Waals surface area contributed by atoms with Crippen molar-refractivity contribution in [3.05, 3.63) is 107 Å². The molecule has 6 rings (SSSR count). The van der Waals surface area contributed by atoms with E-state index in [2.05, 4.69) is 76.2 Å². The van der Waals surface area contributed by atoms with Crippen LogP contribution in [-0.4, -0.2) is 62.0 Å². The number of fused-ring (bicyclic) bond motifs is 3. The molecule has 2 N–H and O–H groups in total. The Balaban J connectivity index is 1.42. The van der Waals surface area contributed by atoms with Crippen molar-refractivity contribution in [3.63, 3.8) is 0 Å². The molecule has 0 spiro atoms. The van der Waals surface area contributed by atoms with Crippen LogP contribution in [0.3, 0.4) is 0 Å². The second kappa shape index (κ2) is 14.2. The Morgan fingerprint density at radius 3 is 2.16 bits per heavy atom. The SMILES string of the molecule is CC/C(=C\c1ccccc1O)CC[C@H]1OB(O)C[C@H]2C1=C(CO[Si](c1ccccc1)(c1ccccc1)C(C)(C)C)C[C@H]1C(=O)N(C)C(=O)[C@H]12. The normalized spacial score (nSPS) is 23.2. The summed E-state index contributed by atoms with van der Waals surface area (Å²) in [7, 11) is -2.38. The van der Waals surface area contributed by atoms with Gasteiger partial charge in [-0.25, -0.2) is 0 Å². The van der Waals surface area contributed by atoms with E-state index in [4.69, 9.17) is 9.08 Å². The largest absolute Gasteiger partial charge is 0.507 e. The highest BCUT2D eigenvalue weighted by atomic mass is 28.4. The highest BCUT2D eigenvalue weighted by molar-refractivity contribution is 6.99. The number of amides is 2. The van der Waals surface area contributed by atoms with Crippen molar-refractivity contribution in [3.8, 4) is 5.75 Å². The minimum atomic E-state index is -2.91. The molecule has 2 heterocycles. The van der Waals surface area contributed by atoms with Crippen LogP contribution in [0.15, 0.2) is 102 Å². The number of likely N-dealkylation sites (tertiary alicyclic amines) is 1. The van der Waals surface area contributed by atoms with E-state index in [-0.39, 0.29) is 34.8 Å². The van der Waals surface area contributed by atoms with Gasteiger partial charge in [0.1, 0.15) is 5.75 Å². The third-order valence-corrected chi connectivity index (χ3v) is 15.9. The van der Waals surface area contributed by atoms with Crippen LogP contribution >= 0.6 is 0 Å². The first-order valence-corrected chi connectivity index (χ1v) is 19.5. The Morgan fingerprint density at radius 2 is 1.57 bits per heavy atom. The Kier molecular flexibility index (Phi) is 10.2. The fourth-order valence-corrected chi connectivity index (χ4v) is 13.1. The number of hydrogen-bond acceptors (Lipinski definition) is 6. The van der Waals surface area contributed by atoms with Gasteiger partial charge >= 0.3 is 7.12 Å². The number of allylic oxidation sites excluding steroid dienone is 1. The molecule has 9 heteroatoms. The lowest BCUT2D eigenvalue weighted by Gasteiger charge is -2.46. The monoisotopic (exact) mass is 677 g/mol. The van der Waals surface area contributed by atoms with Crippen molar-refractivity contribution in [1.29, 1.82) is 0 Å². The summed E-state index contributed by atoms with van der Waals surface area (Å²) < 4.78 is 13.7. The summed E-state index contributed by atoms with van der Waals surface area (Å²) in [4.78, 5) is 28.4. The van der Waals surface area contributed by atoms with Gasteiger partial charge in [0.25, 0.3) is 8.32 Å². The van der Waals surface area contributed by atoms with Crippen molar-refractivity contribution >= 4 is 43.7 Å². The van der Waals surface area contributed by atoms with Crippen LogP contribution in [-0.2, 0) is 18.7 Å². The molecule has 3 aromatic rings. The third-order valence-electron chi connectivity index (χ3n) is 10.9. The maximum absolute atomic E-state index is 13.6. The molecule has 7 nitrogen and oxygen atoms in total. The summed E-state index contributed by atoms with van der Waals surface area (Å²) in [6.07, 6.45) is 4.33. The van der Waals surface area contributed by atoms with E-state index in [0.29, 0.717) is 25.9 Å². The molecule has 0 unspecified atom stereocenters. The van der Waals surface area contributed by atoms with Gasteiger partial charge in [0.05, 0.1) is 24.5 Å². The third kappa shape index (κ3) is 6.62. The fourth-order valence-electron chi connectivity index (χ4n) is 8.51. The molecule has 3 aromatic carbocycles. The molecule has 1 aliphatic carbocycles. The Hall–Kier alpha value is -3.76. The number of carbonyl (C=O) groups is 2. The topological polar surface area (TPSA) is 96.3 Å². The molecule has 256 valence electrons. The van der Waals surface area contributed by atoms with E-state index in [1.54, 1.807) is 19.2 Å². The summed E-state index contributed by atoms with van der Waals surface area (Å²) in [5.74, 6) is -1.43. The lowest BCUT2D eigenvalue weighted by atomic mass is 9.58. The van der Waals surface area contributed by atoms with Gasteiger partial charge in [-0.05, 0) is 70.5 Å². The number of carbonyl (C=O) groups excluding carboxylic acids is 2. The van der Waals surface area contributed by atoms with Gasteiger partial charge in [0.15, 0.2) is 0 Å². The zero-order valence-electron chi connectivity index (χ0n) is 29.3. The number of hydrogen-bond donors (Lipinski definition) is 2. The van der Waals surface area contributed by atoms with Crippen LogP contribution in [0.1, 0.15) is 58.9 Å². The second-order valence-electron chi connectivity index (χ2n) is 14.8. The van der Waals surface area contributed by atoms with Crippen LogP contribution in [0.25, 0.3) is 6.08 Å². The second-order valence-corrected chi connectivity index (χ2v) is 19.1. The molecular formula is C40H48BNO6Si. The Morgan fingerprint density at radius 1 is 0.959 bits per heavy atom. The van der Waals surface area contributed by atoms with Crippen LogP contribution < -0.4 is 10.4 Å². The first-order chi connectivity index (χ1) is 23.5. The van der Waals surface area contributed by atoms with Crippen LogP contribution in [0.5, 0.6) is 5.75 Å². The van der Waals surface area contributed by atoms with E-state index in [1.807, 2.05) is 30.3 Å². The zero-order valence-corrected chi connectivity index (χ0v) is 30.3. The number of phenols is 1. The smallest absolute Gasteiger partial charge is 0.455 e. The summed E-state index contributed by atoms with van der Waals surface area (Å²) >= 11 is 0. The minimum Gasteiger partial charge on any atom is -0.507 e. The number of nitrogens with zero attached hydrogens (tertiary/aromatic N) is 1. The maximum atomic E-state index is 13.6. The molecule has 0 bridgehead atoms. The minimum absolute atomic E-state index is 0.159. The number of rotatable bonds is 10. The van der Waals surface area contributed by atoms with E-state index in [0.717, 1.165) is 28.7 Å². The molecule has 49 heavy (non-hydrogen) atoms. The van der Waals surface area contributed by atoms with Crippen molar-refractivity contribution in [2.24, 2.45) is 17.8 Å². The van der Waals surface area contributed by atoms with Crippen molar-refractivity contribution in [1.82, 2.24) is 4.90 Å². The lowest BCUT2D eigenvalue weighted by Crippen LogP contribution is -2.66. The molecule has 4 atom stereocenters. The standard InChI is InChI=1S/C40H48BNO6Si/c1-6-27(23-28-15-13-14-20-34(28)43)21-22-35-36-29(24-32-37(33(36)25-41(46)48-35)39(45)42(5)38(32)44)26-47-49(40(2,3)4,30-16-9-7-10-17-30)31-18-11-8-12-19-31/h7-20,23,32-33,35,37,43,46H,6,21-22,24-26H2,1-5H3/b27-23+/t32-,33+,35-,37-/m1/s1. The summed E-state index contributed by atoms with van der Waals surface area (Å²) in [5.41, 5.74) is 3.93. The number of para-hydroxylation sites is 1. The van der Waals surface area contributed by atoms with Crippen LogP contribution in [0, 0.1) is 17.8 Å². The van der Waals surface area contributed by atoms with E-state index in [9.17, 15) is 19.7 Å². The number of phenolic OH excluding ortho intramolecular Hbond substituents is 1. The molecule has 0 radical (unpaired) electrons. The van der Waals surface area contributed by atoms with Crippen LogP contribution in [0.2, 0.25) is 11.4 Å². The number of aromatic hydroxyl groups is 1. The van der Waals surface area contributed by atoms with E-state index >= 15 is 0 Å². The number of imide groups is 1. The average Bonchev–Trinajstić information content (AvgIpc) is 3.31. The molecule has 0 saturated carbocycles. The Labute approximate surface area is 291 Å². The van der Waals surface area contributed by atoms with Crippen LogP contribution in [0.4, 0.5) is 0 Å². The fraction of sp³-hybridized carbons (Fsp3) is 0.400. The highest BCUT2D eigenvalue weighted by Gasteiger charge is 2.57. The van der Waals surface area contributed by atoms with Gasteiger partial charge in [0, 0.05) is 12.6 Å². The predicted molar refractivity (Wildman–Crippen MR) is 197 cm³/mol. The van der Waals surface area contributed by atoms with Crippen molar-refractivity contribution < 1.29 is 28.8 Å². The highest BCUT2D eigenvalue weighted by Crippen LogP contribution is 2.51. The Bertz CT molecular complexity index is 1700. The predicted octanol–water partition coefficient (Wildman–Crippen LogP) is 5.97. The summed E-state index contributed by atoms with van der Waals surface area (Å²) in [5, 5.41) is 23.6. The average molecular weight is 678 g/mol. The number of benzene rings is 3. The van der Waals surface area contributed by atoms with E-state index in [1.165, 1.54) is 15.3 Å². The molecule has 2 amide bonds. The van der Waals surface area contributed by atoms with Gasteiger partial charge < -0.3 is 19.2 Å². The molecule has 2 aliphatic heterocycles. The summed E-state index contributed by atoms with van der Waals surface area (Å²) in [6.45, 7) is 9.14.